The molecule has 4 heteroatoms. The summed E-state index contributed by atoms with van der Waals surface area (Å²) in [6.07, 6.45) is 1.79. The lowest BCUT2D eigenvalue weighted by Gasteiger charge is -2.05. The summed E-state index contributed by atoms with van der Waals surface area (Å²) < 4.78 is 2.12. The van der Waals surface area contributed by atoms with Gasteiger partial charge in [-0.05, 0) is 10.8 Å². The van der Waals surface area contributed by atoms with E-state index in [0.29, 0.717) is 22.8 Å². The molecule has 1 aliphatic carbocycles. The van der Waals surface area contributed by atoms with Gasteiger partial charge >= 0.3 is 0 Å². The minimum atomic E-state index is 0.302. The first kappa shape index (κ1) is 9.97. The lowest BCUT2D eigenvalue weighted by atomic mass is 10.0. The molecule has 0 aliphatic heterocycles. The van der Waals surface area contributed by atoms with Crippen LogP contribution in [0, 0.1) is 10.8 Å². The number of rotatable bonds is 2. The number of hydrogen-bond acceptors (Lipinski definition) is 2. The van der Waals surface area contributed by atoms with E-state index in [2.05, 4.69) is 42.5 Å². The number of halogens is 1. The fraction of sp³-hybridized carbons (Fsp3) is 0.800. The fourth-order valence-corrected chi connectivity index (χ4v) is 2.63. The molecule has 1 saturated carbocycles. The van der Waals surface area contributed by atoms with Crippen molar-refractivity contribution in [1.29, 1.82) is 0 Å². The van der Waals surface area contributed by atoms with Crippen LogP contribution < -0.4 is 0 Å². The molecule has 78 valence electrons. The topological polar surface area (TPSA) is 30.7 Å². The third-order valence-electron chi connectivity index (χ3n) is 3.99. The van der Waals surface area contributed by atoms with Gasteiger partial charge in [-0.3, -0.25) is 0 Å². The summed E-state index contributed by atoms with van der Waals surface area (Å²) in [7, 11) is 0. The summed E-state index contributed by atoms with van der Waals surface area (Å²) in [5.74, 6) is 1.30. The van der Waals surface area contributed by atoms with Gasteiger partial charge in [-0.1, -0.05) is 27.7 Å². The quantitative estimate of drug-likeness (QED) is 0.708. The fourth-order valence-electron chi connectivity index (χ4n) is 2.43. The molecule has 1 aromatic rings. The second-order valence-corrected chi connectivity index (χ2v) is 5.40. The van der Waals surface area contributed by atoms with E-state index >= 15 is 0 Å². The average molecular weight is 214 g/mol. The molecule has 3 nitrogen and oxygen atoms in total. The Morgan fingerprint density at radius 2 is 1.93 bits per heavy atom. The van der Waals surface area contributed by atoms with Gasteiger partial charge in [0.2, 0.25) is 0 Å². The molecule has 0 aromatic carbocycles. The van der Waals surface area contributed by atoms with Gasteiger partial charge in [-0.2, -0.15) is 0 Å². The van der Waals surface area contributed by atoms with Gasteiger partial charge in [0.05, 0.1) is 5.88 Å². The second kappa shape index (κ2) is 2.72. The maximum Gasteiger partial charge on any atom is 0.148 e. The monoisotopic (exact) mass is 213 g/mol. The molecule has 1 aliphatic rings. The Balaban J connectivity index is 2.36. The molecule has 0 bridgehead atoms. The van der Waals surface area contributed by atoms with Crippen molar-refractivity contribution in [2.24, 2.45) is 10.8 Å². The highest BCUT2D eigenvalue weighted by Crippen LogP contribution is 2.71. The van der Waals surface area contributed by atoms with Crippen LogP contribution in [0.15, 0.2) is 6.33 Å². The van der Waals surface area contributed by atoms with Gasteiger partial charge < -0.3 is 4.57 Å². The third-order valence-corrected chi connectivity index (χ3v) is 4.23. The standard InChI is InChI=1S/C10H16ClN3/c1-9(2)8(10(9,3)4)14-6-12-13-7(14)5-11/h6,8H,5H2,1-4H3. The smallest absolute Gasteiger partial charge is 0.148 e. The van der Waals surface area contributed by atoms with Crippen molar-refractivity contribution < 1.29 is 0 Å². The highest BCUT2D eigenvalue weighted by Gasteiger charge is 2.66. The number of alkyl halides is 1. The lowest BCUT2D eigenvalue weighted by Crippen LogP contribution is -2.03. The Kier molecular flexibility index (Phi) is 1.94. The van der Waals surface area contributed by atoms with Crippen LogP contribution in [0.4, 0.5) is 0 Å². The van der Waals surface area contributed by atoms with Crippen molar-refractivity contribution >= 4 is 11.6 Å². The molecule has 2 rings (SSSR count). The Labute approximate surface area is 89.5 Å². The first-order valence-electron chi connectivity index (χ1n) is 4.87. The van der Waals surface area contributed by atoms with E-state index in [-0.39, 0.29) is 0 Å². The van der Waals surface area contributed by atoms with E-state index in [4.69, 9.17) is 11.6 Å². The minimum Gasteiger partial charge on any atom is -0.312 e. The van der Waals surface area contributed by atoms with Crippen LogP contribution in [0.5, 0.6) is 0 Å². The SMILES string of the molecule is CC1(C)C(n2cnnc2CCl)C1(C)C. The van der Waals surface area contributed by atoms with E-state index < -0.39 is 0 Å². The largest absolute Gasteiger partial charge is 0.312 e. The first-order valence-corrected chi connectivity index (χ1v) is 5.40. The van der Waals surface area contributed by atoms with Gasteiger partial charge in [0.15, 0.2) is 0 Å². The number of hydrogen-bond donors (Lipinski definition) is 0. The molecule has 0 spiro atoms. The highest BCUT2D eigenvalue weighted by molar-refractivity contribution is 6.16. The maximum atomic E-state index is 5.81. The van der Waals surface area contributed by atoms with Gasteiger partial charge in [-0.15, -0.1) is 21.8 Å². The lowest BCUT2D eigenvalue weighted by molar-refractivity contribution is 0.457. The predicted molar refractivity (Wildman–Crippen MR) is 56.2 cm³/mol. The molecule has 0 N–H and O–H groups in total. The number of aromatic nitrogens is 3. The minimum absolute atomic E-state index is 0.302. The molecule has 0 radical (unpaired) electrons. The number of nitrogens with zero attached hydrogens (tertiary/aromatic N) is 3. The van der Waals surface area contributed by atoms with Crippen molar-refractivity contribution in [1.82, 2.24) is 14.8 Å². The van der Waals surface area contributed by atoms with Gasteiger partial charge in [0.1, 0.15) is 12.2 Å². The summed E-state index contributed by atoms with van der Waals surface area (Å²) >= 11 is 5.81. The van der Waals surface area contributed by atoms with E-state index in [1.807, 2.05) is 0 Å². The molecule has 1 fully saturated rings. The van der Waals surface area contributed by atoms with Crippen molar-refractivity contribution in [2.75, 3.05) is 0 Å². The highest BCUT2D eigenvalue weighted by atomic mass is 35.5. The molecular weight excluding hydrogens is 198 g/mol. The van der Waals surface area contributed by atoms with Crippen LogP contribution in [0.3, 0.4) is 0 Å². The zero-order valence-corrected chi connectivity index (χ0v) is 9.84. The van der Waals surface area contributed by atoms with Crippen molar-refractivity contribution in [3.8, 4) is 0 Å². The molecule has 0 amide bonds. The maximum absolute atomic E-state index is 5.81. The van der Waals surface area contributed by atoms with Crippen LogP contribution in [0.1, 0.15) is 39.6 Å². The van der Waals surface area contributed by atoms with Crippen LogP contribution in [0.25, 0.3) is 0 Å². The van der Waals surface area contributed by atoms with Crippen LogP contribution in [0.2, 0.25) is 0 Å². The molecule has 0 unspecified atom stereocenters. The van der Waals surface area contributed by atoms with Gasteiger partial charge in [-0.25, -0.2) is 0 Å². The first-order chi connectivity index (χ1) is 6.43. The average Bonchev–Trinajstić information content (AvgIpc) is 2.51. The normalized spacial score (nSPS) is 23.8. The Hall–Kier alpha value is -0.570. The van der Waals surface area contributed by atoms with E-state index in [0.717, 1.165) is 5.82 Å². The zero-order chi connectivity index (χ0) is 10.6. The Bertz CT molecular complexity index is 340. The Morgan fingerprint density at radius 1 is 1.36 bits per heavy atom. The summed E-state index contributed by atoms with van der Waals surface area (Å²) in [6.45, 7) is 9.09. The molecule has 1 heterocycles. The van der Waals surface area contributed by atoms with E-state index in [1.54, 1.807) is 6.33 Å². The molecular formula is C10H16ClN3. The van der Waals surface area contributed by atoms with Gasteiger partial charge in [0, 0.05) is 6.04 Å². The molecule has 0 atom stereocenters. The second-order valence-electron chi connectivity index (χ2n) is 5.13. The zero-order valence-electron chi connectivity index (χ0n) is 9.08. The summed E-state index contributed by atoms with van der Waals surface area (Å²) in [4.78, 5) is 0. The summed E-state index contributed by atoms with van der Waals surface area (Å²) in [6, 6.07) is 0.471. The summed E-state index contributed by atoms with van der Waals surface area (Å²) in [5.41, 5.74) is 0.604. The van der Waals surface area contributed by atoms with Crippen molar-refractivity contribution in [3.63, 3.8) is 0 Å². The molecule has 0 saturated heterocycles. The molecule has 1 aromatic heterocycles. The van der Waals surface area contributed by atoms with Crippen LogP contribution in [-0.4, -0.2) is 14.8 Å². The van der Waals surface area contributed by atoms with E-state index in [1.165, 1.54) is 0 Å². The summed E-state index contributed by atoms with van der Waals surface area (Å²) in [5, 5.41) is 7.92. The van der Waals surface area contributed by atoms with Crippen LogP contribution >= 0.6 is 11.6 Å². The van der Waals surface area contributed by atoms with E-state index in [9.17, 15) is 0 Å². The van der Waals surface area contributed by atoms with Gasteiger partial charge in [0.25, 0.3) is 0 Å². The van der Waals surface area contributed by atoms with Crippen LogP contribution in [-0.2, 0) is 5.88 Å². The third kappa shape index (κ3) is 1.05. The Morgan fingerprint density at radius 3 is 2.36 bits per heavy atom. The predicted octanol–water partition coefficient (Wildman–Crippen LogP) is 2.62. The van der Waals surface area contributed by atoms with Crippen molar-refractivity contribution in [2.45, 2.75) is 39.6 Å². The van der Waals surface area contributed by atoms with Crippen molar-refractivity contribution in [3.05, 3.63) is 12.2 Å². The molecule has 14 heavy (non-hydrogen) atoms.